The molecule has 0 radical (unpaired) electrons. The third-order valence-electron chi connectivity index (χ3n) is 5.59. The minimum absolute atomic E-state index is 0.278. The predicted octanol–water partition coefficient (Wildman–Crippen LogP) is 6.52. The summed E-state index contributed by atoms with van der Waals surface area (Å²) in [6.45, 7) is -0.371. The quantitative estimate of drug-likeness (QED) is 0.214. The van der Waals surface area contributed by atoms with Crippen molar-refractivity contribution in [2.24, 2.45) is 5.10 Å². The van der Waals surface area contributed by atoms with E-state index in [-0.39, 0.29) is 17.9 Å². The highest BCUT2D eigenvalue weighted by Crippen LogP contribution is 2.32. The summed E-state index contributed by atoms with van der Waals surface area (Å²) in [5, 5.41) is 7.83. The molecule has 1 N–H and O–H groups in total. The molecular weight excluding hydrogens is 587 g/mol. The van der Waals surface area contributed by atoms with Gasteiger partial charge in [0.2, 0.25) is 0 Å². The first-order valence-electron chi connectivity index (χ1n) is 11.7. The molecule has 0 aliphatic heterocycles. The molecule has 4 aromatic carbocycles. The number of benzene rings is 4. The number of nitrogens with zero attached hydrogens (tertiary/aromatic N) is 3. The molecule has 0 saturated heterocycles. The zero-order valence-corrected chi connectivity index (χ0v) is 22.5. The van der Waals surface area contributed by atoms with Gasteiger partial charge in [0.1, 0.15) is 11.6 Å². The third-order valence-corrected chi connectivity index (χ3v) is 6.40. The number of carbonyl (C=O) groups excluding carboxylic acids is 1. The average molecular weight is 606 g/mol. The number of rotatable bonds is 7. The number of carbonyl (C=O) groups is 1. The number of para-hydroxylation sites is 1. The third kappa shape index (κ3) is 6.05. The van der Waals surface area contributed by atoms with Crippen molar-refractivity contribution < 1.29 is 13.9 Å². The average Bonchev–Trinajstić information content (AvgIpc) is 2.92. The van der Waals surface area contributed by atoms with Crippen LogP contribution in [0.25, 0.3) is 22.3 Å². The van der Waals surface area contributed by atoms with Gasteiger partial charge in [0.05, 0.1) is 21.6 Å². The lowest BCUT2D eigenvalue weighted by molar-refractivity contribution is -0.118. The molecule has 0 aliphatic carbocycles. The molecule has 1 heterocycles. The molecule has 7 nitrogen and oxygen atoms in total. The van der Waals surface area contributed by atoms with E-state index >= 15 is 0 Å². The first-order chi connectivity index (χ1) is 18.9. The highest BCUT2D eigenvalue weighted by atomic mass is 79.9. The number of amides is 1. The van der Waals surface area contributed by atoms with E-state index < -0.39 is 11.7 Å². The zero-order valence-electron chi connectivity index (χ0n) is 20.1. The summed E-state index contributed by atoms with van der Waals surface area (Å²) >= 11 is 9.70. The Hall–Kier alpha value is -4.34. The molecule has 39 heavy (non-hydrogen) atoms. The number of hydrogen-bond acceptors (Lipinski definition) is 5. The number of halogens is 3. The van der Waals surface area contributed by atoms with E-state index in [0.717, 1.165) is 0 Å². The van der Waals surface area contributed by atoms with Gasteiger partial charge in [-0.2, -0.15) is 9.78 Å². The fourth-order valence-electron chi connectivity index (χ4n) is 3.85. The van der Waals surface area contributed by atoms with Crippen LogP contribution in [0.15, 0.2) is 105 Å². The summed E-state index contributed by atoms with van der Waals surface area (Å²) < 4.78 is 20.9. The Bertz CT molecular complexity index is 1780. The maximum Gasteiger partial charge on any atom is 0.282 e. The Labute approximate surface area is 235 Å². The Morgan fingerprint density at radius 2 is 1.82 bits per heavy atom. The summed E-state index contributed by atoms with van der Waals surface area (Å²) in [7, 11) is 0. The minimum Gasteiger partial charge on any atom is -0.482 e. The number of fused-ring (bicyclic) bond motifs is 1. The topological polar surface area (TPSA) is 85.6 Å². The molecule has 0 atom stereocenters. The van der Waals surface area contributed by atoms with Crippen molar-refractivity contribution in [3.05, 3.63) is 122 Å². The van der Waals surface area contributed by atoms with Crippen LogP contribution in [0.4, 0.5) is 10.1 Å². The Kier molecular flexibility index (Phi) is 7.81. The van der Waals surface area contributed by atoms with Crippen LogP contribution in [0.2, 0.25) is 5.02 Å². The van der Waals surface area contributed by atoms with Crippen molar-refractivity contribution in [1.29, 1.82) is 0 Å². The molecule has 5 rings (SSSR count). The van der Waals surface area contributed by atoms with Gasteiger partial charge >= 0.3 is 0 Å². The van der Waals surface area contributed by atoms with E-state index in [1.165, 1.54) is 29.1 Å². The first kappa shape index (κ1) is 26.3. The molecule has 0 bridgehead atoms. The van der Waals surface area contributed by atoms with Gasteiger partial charge in [-0.3, -0.25) is 9.59 Å². The van der Waals surface area contributed by atoms with Crippen molar-refractivity contribution in [2.45, 2.75) is 0 Å². The Morgan fingerprint density at radius 1 is 1.05 bits per heavy atom. The summed E-state index contributed by atoms with van der Waals surface area (Å²) in [6.07, 6.45) is 1.42. The lowest BCUT2D eigenvalue weighted by Crippen LogP contribution is -2.21. The van der Waals surface area contributed by atoms with Crippen LogP contribution in [-0.2, 0) is 4.79 Å². The maximum atomic E-state index is 13.4. The number of anilines is 1. The molecule has 0 unspecified atom stereocenters. The SMILES string of the molecule is O=C(COc1c(Br)cc(Cl)cc1C=Nn1c(-c2ccccc2)nc2ccccc2c1=O)Nc1cccc(F)c1. The predicted molar refractivity (Wildman–Crippen MR) is 154 cm³/mol. The molecule has 1 aromatic heterocycles. The van der Waals surface area contributed by atoms with Gasteiger partial charge in [-0.25, -0.2) is 9.37 Å². The van der Waals surface area contributed by atoms with Crippen LogP contribution < -0.4 is 15.6 Å². The highest BCUT2D eigenvalue weighted by molar-refractivity contribution is 9.10. The maximum absolute atomic E-state index is 13.4. The number of aromatic nitrogens is 2. The number of ether oxygens (including phenoxy) is 1. The van der Waals surface area contributed by atoms with E-state index in [1.54, 1.807) is 36.4 Å². The van der Waals surface area contributed by atoms with Crippen LogP contribution >= 0.6 is 27.5 Å². The van der Waals surface area contributed by atoms with E-state index in [4.69, 9.17) is 16.3 Å². The van der Waals surface area contributed by atoms with Crippen molar-refractivity contribution >= 4 is 56.2 Å². The minimum atomic E-state index is -0.494. The molecule has 0 saturated carbocycles. The van der Waals surface area contributed by atoms with Crippen molar-refractivity contribution in [3.8, 4) is 17.1 Å². The molecule has 0 aliphatic rings. The van der Waals surface area contributed by atoms with Crippen LogP contribution in [0.3, 0.4) is 0 Å². The smallest absolute Gasteiger partial charge is 0.282 e. The van der Waals surface area contributed by atoms with Crippen molar-refractivity contribution in [2.75, 3.05) is 11.9 Å². The lowest BCUT2D eigenvalue weighted by atomic mass is 10.2. The van der Waals surface area contributed by atoms with Gasteiger partial charge in [-0.15, -0.1) is 0 Å². The van der Waals surface area contributed by atoms with Gasteiger partial charge < -0.3 is 10.1 Å². The van der Waals surface area contributed by atoms with Crippen LogP contribution in [0.1, 0.15) is 5.56 Å². The largest absolute Gasteiger partial charge is 0.482 e. The summed E-state index contributed by atoms with van der Waals surface area (Å²) in [4.78, 5) is 30.6. The van der Waals surface area contributed by atoms with E-state index in [2.05, 4.69) is 31.3 Å². The molecule has 0 spiro atoms. The van der Waals surface area contributed by atoms with Crippen LogP contribution in [-0.4, -0.2) is 28.4 Å². The summed E-state index contributed by atoms with van der Waals surface area (Å²) in [6, 6.07) is 25.0. The second kappa shape index (κ2) is 11.6. The first-order valence-corrected chi connectivity index (χ1v) is 12.8. The number of nitrogens with one attached hydrogen (secondary N) is 1. The fourth-order valence-corrected chi connectivity index (χ4v) is 4.80. The van der Waals surface area contributed by atoms with Gasteiger partial charge in [0.15, 0.2) is 12.4 Å². The molecule has 10 heteroatoms. The number of hydrogen-bond donors (Lipinski definition) is 1. The molecule has 194 valence electrons. The van der Waals surface area contributed by atoms with Gasteiger partial charge in [0, 0.05) is 21.8 Å². The van der Waals surface area contributed by atoms with Crippen molar-refractivity contribution in [1.82, 2.24) is 9.66 Å². The van der Waals surface area contributed by atoms with Crippen LogP contribution in [0, 0.1) is 5.82 Å². The molecule has 1 amide bonds. The summed E-state index contributed by atoms with van der Waals surface area (Å²) in [5.74, 6) is -0.332. The molecule has 5 aromatic rings. The standard InChI is InChI=1S/C29H19BrClFN4O3/c30-24-14-20(31)13-19(27(24)39-17-26(37)34-22-10-6-9-21(32)15-22)16-33-36-28(18-7-2-1-3-8-18)35-25-12-5-4-11-23(25)29(36)38/h1-16H,17H2,(H,34,37). The highest BCUT2D eigenvalue weighted by Gasteiger charge is 2.15. The molecular formula is C29H19BrClFN4O3. The van der Waals surface area contributed by atoms with E-state index in [0.29, 0.717) is 43.0 Å². The van der Waals surface area contributed by atoms with E-state index in [1.807, 2.05) is 36.4 Å². The Balaban J connectivity index is 1.49. The second-order valence-electron chi connectivity index (χ2n) is 8.33. The van der Waals surface area contributed by atoms with Gasteiger partial charge in [-0.1, -0.05) is 60.1 Å². The lowest BCUT2D eigenvalue weighted by Gasteiger charge is -2.13. The zero-order chi connectivity index (χ0) is 27.4. The van der Waals surface area contributed by atoms with Gasteiger partial charge in [0.25, 0.3) is 11.5 Å². The summed E-state index contributed by atoms with van der Waals surface area (Å²) in [5.41, 5.74) is 1.61. The monoisotopic (exact) mass is 604 g/mol. The Morgan fingerprint density at radius 3 is 2.62 bits per heavy atom. The van der Waals surface area contributed by atoms with E-state index in [9.17, 15) is 14.0 Å². The van der Waals surface area contributed by atoms with Crippen molar-refractivity contribution in [3.63, 3.8) is 0 Å². The fraction of sp³-hybridized carbons (Fsp3) is 0.0345. The van der Waals surface area contributed by atoms with Gasteiger partial charge in [-0.05, 0) is 58.4 Å². The normalized spacial score (nSPS) is 11.2. The molecule has 0 fully saturated rings. The second-order valence-corrected chi connectivity index (χ2v) is 9.62. The van der Waals surface area contributed by atoms with Crippen LogP contribution in [0.5, 0.6) is 5.75 Å².